The van der Waals surface area contributed by atoms with Gasteiger partial charge < -0.3 is 0 Å². The Morgan fingerprint density at radius 3 is 2.20 bits per heavy atom. The largest absolute Gasteiger partial charge is 0.0839 e. The summed E-state index contributed by atoms with van der Waals surface area (Å²) in [6, 6.07) is 12.1. The summed E-state index contributed by atoms with van der Waals surface area (Å²) in [6.07, 6.45) is 3.49. The Balaban J connectivity index is 2.67. The van der Waals surface area contributed by atoms with E-state index in [1.54, 1.807) is 0 Å². The molecule has 1 heteroatoms. The highest BCUT2D eigenvalue weighted by Crippen LogP contribution is 2.23. The molecule has 0 unspecified atom stereocenters. The number of allylic oxidation sites excluding steroid dienone is 2. The van der Waals surface area contributed by atoms with E-state index in [2.05, 4.69) is 63.0 Å². The van der Waals surface area contributed by atoms with Crippen molar-refractivity contribution in [2.75, 3.05) is 0 Å². The highest BCUT2D eigenvalue weighted by atomic mass is 28.3. The maximum atomic E-state index is 2.44. The van der Waals surface area contributed by atoms with Crippen LogP contribution in [0.25, 0.3) is 5.57 Å². The summed E-state index contributed by atoms with van der Waals surface area (Å²) in [4.78, 5) is 0. The van der Waals surface area contributed by atoms with E-state index in [1.807, 2.05) is 0 Å². The maximum absolute atomic E-state index is 2.44. The number of rotatable bonds is 4. The molecule has 1 aromatic rings. The predicted molar refractivity (Wildman–Crippen MR) is 72.9 cm³/mol. The van der Waals surface area contributed by atoms with E-state index in [4.69, 9.17) is 0 Å². The van der Waals surface area contributed by atoms with Crippen LogP contribution in [0.1, 0.15) is 18.9 Å². The van der Waals surface area contributed by atoms with Crippen LogP contribution in [0.3, 0.4) is 0 Å². The molecular formula is C14H22Si. The van der Waals surface area contributed by atoms with E-state index in [-0.39, 0.29) is 0 Å². The second kappa shape index (κ2) is 5.31. The summed E-state index contributed by atoms with van der Waals surface area (Å²) >= 11 is 0. The average Bonchev–Trinajstić information content (AvgIpc) is 2.19. The molecule has 15 heavy (non-hydrogen) atoms. The lowest BCUT2D eigenvalue weighted by atomic mass is 10.0. The molecule has 0 nitrogen and oxygen atoms in total. The Morgan fingerprint density at radius 1 is 1.13 bits per heavy atom. The van der Waals surface area contributed by atoms with E-state index >= 15 is 0 Å². The van der Waals surface area contributed by atoms with Crippen LogP contribution in [0.2, 0.25) is 25.7 Å². The smallest absolute Gasteiger partial charge is 0.0445 e. The lowest BCUT2D eigenvalue weighted by molar-refractivity contribution is 1.17. The van der Waals surface area contributed by atoms with Crippen LogP contribution < -0.4 is 0 Å². The monoisotopic (exact) mass is 218 g/mol. The molecule has 0 fully saturated rings. The van der Waals surface area contributed by atoms with Gasteiger partial charge in [0.15, 0.2) is 0 Å². The third-order valence-electron chi connectivity index (χ3n) is 2.64. The zero-order valence-corrected chi connectivity index (χ0v) is 11.4. The van der Waals surface area contributed by atoms with Crippen LogP contribution >= 0.6 is 0 Å². The third kappa shape index (κ3) is 4.48. The molecule has 0 bridgehead atoms. The second-order valence-corrected chi connectivity index (χ2v) is 10.9. The summed E-state index contributed by atoms with van der Waals surface area (Å²) in [7, 11) is -0.910. The van der Waals surface area contributed by atoms with E-state index in [1.165, 1.54) is 23.6 Å². The van der Waals surface area contributed by atoms with E-state index in [0.29, 0.717) is 0 Å². The fourth-order valence-corrected chi connectivity index (χ4v) is 2.64. The van der Waals surface area contributed by atoms with Crippen LogP contribution in [-0.4, -0.2) is 8.07 Å². The Labute approximate surface area is 95.0 Å². The first kappa shape index (κ1) is 12.2. The quantitative estimate of drug-likeness (QED) is 0.636. The molecule has 0 aliphatic heterocycles. The van der Waals surface area contributed by atoms with Crippen molar-refractivity contribution in [1.82, 2.24) is 0 Å². The van der Waals surface area contributed by atoms with Gasteiger partial charge in [0.25, 0.3) is 0 Å². The molecule has 0 aromatic heterocycles. The average molecular weight is 218 g/mol. The van der Waals surface area contributed by atoms with E-state index in [9.17, 15) is 0 Å². The first-order chi connectivity index (χ1) is 7.03. The summed E-state index contributed by atoms with van der Waals surface area (Å²) < 4.78 is 0. The first-order valence-electron chi connectivity index (χ1n) is 5.73. The molecule has 0 heterocycles. The highest BCUT2D eigenvalue weighted by Gasteiger charge is 2.13. The fourth-order valence-electron chi connectivity index (χ4n) is 1.62. The van der Waals surface area contributed by atoms with Crippen LogP contribution in [0.15, 0.2) is 36.4 Å². The molecule has 0 saturated heterocycles. The number of hydrogen-bond acceptors (Lipinski definition) is 0. The third-order valence-corrected chi connectivity index (χ3v) is 4.39. The molecule has 0 aliphatic carbocycles. The summed E-state index contributed by atoms with van der Waals surface area (Å²) in [5, 5.41) is 0. The van der Waals surface area contributed by atoms with Gasteiger partial charge in [0.05, 0.1) is 0 Å². The van der Waals surface area contributed by atoms with Gasteiger partial charge in [0.1, 0.15) is 0 Å². The van der Waals surface area contributed by atoms with Gasteiger partial charge in [-0.25, -0.2) is 0 Å². The molecule has 0 amide bonds. The maximum Gasteiger partial charge on any atom is 0.0445 e. The molecular weight excluding hydrogens is 196 g/mol. The van der Waals surface area contributed by atoms with Gasteiger partial charge in [-0.15, -0.1) is 0 Å². The molecule has 0 atom stereocenters. The zero-order chi connectivity index (χ0) is 11.3. The van der Waals surface area contributed by atoms with Gasteiger partial charge in [0, 0.05) is 8.07 Å². The molecule has 0 aliphatic rings. The molecule has 1 aromatic carbocycles. The normalized spacial score (nSPS) is 12.9. The van der Waals surface area contributed by atoms with Crippen molar-refractivity contribution < 1.29 is 0 Å². The Morgan fingerprint density at radius 2 is 1.73 bits per heavy atom. The minimum absolute atomic E-state index is 0.910. The van der Waals surface area contributed by atoms with Gasteiger partial charge >= 0.3 is 0 Å². The second-order valence-electron chi connectivity index (χ2n) is 5.24. The first-order valence-corrected chi connectivity index (χ1v) is 9.44. The summed E-state index contributed by atoms with van der Waals surface area (Å²) in [5.74, 6) is 0. The van der Waals surface area contributed by atoms with Crippen molar-refractivity contribution in [1.29, 1.82) is 0 Å². The van der Waals surface area contributed by atoms with Gasteiger partial charge in [-0.1, -0.05) is 62.1 Å². The summed E-state index contributed by atoms with van der Waals surface area (Å²) in [5.41, 5.74) is 2.89. The minimum Gasteiger partial charge on any atom is -0.0839 e. The predicted octanol–water partition coefficient (Wildman–Crippen LogP) is 4.82. The lowest BCUT2D eigenvalue weighted by Gasteiger charge is -2.17. The van der Waals surface area contributed by atoms with Crippen molar-refractivity contribution in [2.45, 2.75) is 39.0 Å². The minimum atomic E-state index is -0.910. The van der Waals surface area contributed by atoms with E-state index < -0.39 is 8.07 Å². The molecule has 82 valence electrons. The number of benzene rings is 1. The molecule has 0 saturated carbocycles. The van der Waals surface area contributed by atoms with Crippen molar-refractivity contribution >= 4 is 13.6 Å². The van der Waals surface area contributed by atoms with Crippen molar-refractivity contribution in [3.8, 4) is 0 Å². The summed E-state index contributed by atoms with van der Waals surface area (Å²) in [6.45, 7) is 9.45. The number of hydrogen-bond donors (Lipinski definition) is 0. The van der Waals surface area contributed by atoms with Gasteiger partial charge in [-0.3, -0.25) is 0 Å². The zero-order valence-electron chi connectivity index (χ0n) is 10.4. The molecule has 1 rings (SSSR count). The van der Waals surface area contributed by atoms with Crippen molar-refractivity contribution in [3.63, 3.8) is 0 Å². The van der Waals surface area contributed by atoms with Gasteiger partial charge in [-0.05, 0) is 24.5 Å². The van der Waals surface area contributed by atoms with Crippen LogP contribution in [0, 0.1) is 0 Å². The molecule has 0 spiro atoms. The fraction of sp³-hybridized carbons (Fsp3) is 0.429. The molecule has 0 N–H and O–H groups in total. The van der Waals surface area contributed by atoms with Gasteiger partial charge in [0.2, 0.25) is 0 Å². The van der Waals surface area contributed by atoms with Crippen LogP contribution in [-0.2, 0) is 0 Å². The van der Waals surface area contributed by atoms with Crippen molar-refractivity contribution in [3.05, 3.63) is 42.0 Å². The Bertz CT molecular complexity index is 317. The van der Waals surface area contributed by atoms with Gasteiger partial charge in [-0.2, -0.15) is 0 Å². The topological polar surface area (TPSA) is 0 Å². The highest BCUT2D eigenvalue weighted by molar-refractivity contribution is 6.76. The lowest BCUT2D eigenvalue weighted by Crippen LogP contribution is -2.18. The Hall–Kier alpha value is -0.823. The van der Waals surface area contributed by atoms with Crippen LogP contribution in [0.5, 0.6) is 0 Å². The van der Waals surface area contributed by atoms with E-state index in [0.717, 1.165) is 0 Å². The SMILES string of the molecule is C/C=C(/CC[Si](C)(C)C)c1ccccc1. The van der Waals surface area contributed by atoms with Crippen molar-refractivity contribution in [2.24, 2.45) is 0 Å². The molecule has 0 radical (unpaired) electrons. The van der Waals surface area contributed by atoms with Crippen LogP contribution in [0.4, 0.5) is 0 Å². The standard InChI is InChI=1S/C14H22Si/c1-5-13(11-12-15(2,3)4)14-9-7-6-8-10-14/h5-10H,11-12H2,1-4H3/b13-5-. The Kier molecular flexibility index (Phi) is 4.34.